The number of rotatable bonds is 8. The fourth-order valence-corrected chi connectivity index (χ4v) is 3.67. The number of methoxy groups -OCH3 is 4. The van der Waals surface area contributed by atoms with E-state index in [0.29, 0.717) is 45.6 Å². The highest BCUT2D eigenvalue weighted by atomic mass is 16.5. The third-order valence-electron chi connectivity index (χ3n) is 5.05. The molecule has 3 aromatic rings. The zero-order valence-corrected chi connectivity index (χ0v) is 17.9. The maximum absolute atomic E-state index is 13.2. The molecule has 8 heteroatoms. The molecule has 0 saturated heterocycles. The lowest BCUT2D eigenvalue weighted by Gasteiger charge is -2.20. The van der Waals surface area contributed by atoms with Crippen molar-refractivity contribution in [2.24, 2.45) is 0 Å². The van der Waals surface area contributed by atoms with Gasteiger partial charge < -0.3 is 28.6 Å². The Hall–Kier alpha value is -3.52. The molecule has 0 fully saturated rings. The highest BCUT2D eigenvalue weighted by molar-refractivity contribution is 6.07. The first-order chi connectivity index (χ1) is 15.0. The number of esters is 1. The van der Waals surface area contributed by atoms with Crippen LogP contribution in [0.2, 0.25) is 0 Å². The molecular formula is C23H25NO7. The quantitative estimate of drug-likeness (QED) is 0.552. The molecule has 0 unspecified atom stereocenters. The number of nitrogens with zero attached hydrogens (tertiary/aromatic N) is 1. The third kappa shape index (κ3) is 3.94. The summed E-state index contributed by atoms with van der Waals surface area (Å²) < 4.78 is 22.7. The van der Waals surface area contributed by atoms with Crippen molar-refractivity contribution in [1.29, 1.82) is 0 Å². The Morgan fingerprint density at radius 2 is 1.58 bits per heavy atom. The zero-order chi connectivity index (χ0) is 22.5. The summed E-state index contributed by atoms with van der Waals surface area (Å²) in [7, 11) is 5.77. The molecule has 1 heterocycles. The van der Waals surface area contributed by atoms with Crippen LogP contribution in [0.4, 0.5) is 0 Å². The zero-order valence-electron chi connectivity index (χ0n) is 17.9. The summed E-state index contributed by atoms with van der Waals surface area (Å²) >= 11 is 0. The van der Waals surface area contributed by atoms with E-state index in [-0.39, 0.29) is 24.4 Å². The van der Waals surface area contributed by atoms with Gasteiger partial charge in [-0.15, -0.1) is 0 Å². The van der Waals surface area contributed by atoms with Crippen LogP contribution in [0.25, 0.3) is 21.9 Å². The van der Waals surface area contributed by atoms with E-state index in [0.717, 1.165) is 0 Å². The van der Waals surface area contributed by atoms with Gasteiger partial charge in [0.2, 0.25) is 5.75 Å². The first kappa shape index (κ1) is 22.2. The Morgan fingerprint density at radius 1 is 0.968 bits per heavy atom. The Bertz CT molecular complexity index is 1140. The minimum atomic E-state index is -0.662. The van der Waals surface area contributed by atoms with Crippen LogP contribution in [0.5, 0.6) is 17.2 Å². The summed E-state index contributed by atoms with van der Waals surface area (Å²) in [5.74, 6) is 0.561. The molecule has 2 aromatic carbocycles. The predicted octanol–water partition coefficient (Wildman–Crippen LogP) is 2.86. The van der Waals surface area contributed by atoms with Crippen molar-refractivity contribution in [1.82, 2.24) is 4.57 Å². The lowest BCUT2D eigenvalue weighted by molar-refractivity contribution is 0.0587. The number of pyridine rings is 1. The third-order valence-corrected chi connectivity index (χ3v) is 5.05. The van der Waals surface area contributed by atoms with Crippen LogP contribution in [-0.2, 0) is 11.3 Å². The average molecular weight is 427 g/mol. The fraction of sp³-hybridized carbons (Fsp3) is 0.304. The summed E-state index contributed by atoms with van der Waals surface area (Å²) in [5.41, 5.74) is 0.845. The standard InChI is InChI=1S/C23H25NO7/c1-28-17-12-14(13-18(29-2)21(17)30-3)19-15-8-5-6-9-16(15)22(26)24(10-7-11-25)20(19)23(27)31-4/h5-6,8-9,12-13,25H,7,10-11H2,1-4H3. The molecule has 0 aliphatic rings. The normalized spacial score (nSPS) is 10.7. The first-order valence-electron chi connectivity index (χ1n) is 9.67. The van der Waals surface area contributed by atoms with Crippen molar-refractivity contribution in [3.8, 4) is 28.4 Å². The Balaban J connectivity index is 2.51. The second-order valence-electron chi connectivity index (χ2n) is 6.71. The number of aliphatic hydroxyl groups is 1. The minimum absolute atomic E-state index is 0.0916. The van der Waals surface area contributed by atoms with E-state index in [1.54, 1.807) is 36.4 Å². The monoisotopic (exact) mass is 427 g/mol. The van der Waals surface area contributed by atoms with Crippen LogP contribution < -0.4 is 19.8 Å². The van der Waals surface area contributed by atoms with Crippen molar-refractivity contribution in [2.75, 3.05) is 35.0 Å². The molecule has 1 N–H and O–H groups in total. The topological polar surface area (TPSA) is 96.2 Å². The number of carbonyl (C=O) groups excluding carboxylic acids is 1. The van der Waals surface area contributed by atoms with E-state index in [1.165, 1.54) is 33.0 Å². The molecule has 0 saturated carbocycles. The van der Waals surface area contributed by atoms with E-state index in [9.17, 15) is 14.7 Å². The van der Waals surface area contributed by atoms with E-state index in [1.807, 2.05) is 0 Å². The number of aliphatic hydroxyl groups excluding tert-OH is 1. The number of ether oxygens (including phenoxy) is 4. The van der Waals surface area contributed by atoms with Gasteiger partial charge in [0.25, 0.3) is 5.56 Å². The molecule has 0 radical (unpaired) electrons. The molecule has 8 nitrogen and oxygen atoms in total. The Kier molecular flexibility index (Phi) is 6.81. The SMILES string of the molecule is COC(=O)c1c(-c2cc(OC)c(OC)c(OC)c2)c2ccccc2c(=O)n1CCCO. The lowest BCUT2D eigenvalue weighted by atomic mass is 9.95. The van der Waals surface area contributed by atoms with Gasteiger partial charge in [0.15, 0.2) is 11.5 Å². The average Bonchev–Trinajstić information content (AvgIpc) is 2.81. The van der Waals surface area contributed by atoms with Crippen LogP contribution in [-0.4, -0.2) is 50.7 Å². The summed E-state index contributed by atoms with van der Waals surface area (Å²) in [6.07, 6.45) is 0.303. The molecule has 0 aliphatic heterocycles. The minimum Gasteiger partial charge on any atom is -0.493 e. The Labute approximate surface area is 179 Å². The van der Waals surface area contributed by atoms with Crippen LogP contribution in [0.3, 0.4) is 0 Å². The van der Waals surface area contributed by atoms with E-state index >= 15 is 0 Å². The maximum Gasteiger partial charge on any atom is 0.355 e. The molecule has 1 aromatic heterocycles. The maximum atomic E-state index is 13.2. The van der Waals surface area contributed by atoms with Crippen LogP contribution in [0.15, 0.2) is 41.2 Å². The molecule has 0 bridgehead atoms. The Morgan fingerprint density at radius 3 is 2.10 bits per heavy atom. The predicted molar refractivity (Wildman–Crippen MR) is 116 cm³/mol. The highest BCUT2D eigenvalue weighted by Crippen LogP contribution is 2.43. The molecule has 0 aliphatic carbocycles. The largest absolute Gasteiger partial charge is 0.493 e. The second kappa shape index (κ2) is 9.53. The van der Waals surface area contributed by atoms with Gasteiger partial charge >= 0.3 is 5.97 Å². The molecule has 3 rings (SSSR count). The van der Waals surface area contributed by atoms with Gasteiger partial charge in [-0.1, -0.05) is 18.2 Å². The van der Waals surface area contributed by atoms with Gasteiger partial charge in [0.05, 0.1) is 28.4 Å². The second-order valence-corrected chi connectivity index (χ2v) is 6.71. The van der Waals surface area contributed by atoms with Crippen LogP contribution >= 0.6 is 0 Å². The lowest BCUT2D eigenvalue weighted by Crippen LogP contribution is -2.28. The van der Waals surface area contributed by atoms with Crippen molar-refractivity contribution >= 4 is 16.7 Å². The van der Waals surface area contributed by atoms with Crippen molar-refractivity contribution < 1.29 is 28.8 Å². The van der Waals surface area contributed by atoms with E-state index < -0.39 is 5.97 Å². The number of benzene rings is 2. The van der Waals surface area contributed by atoms with Gasteiger partial charge in [0.1, 0.15) is 5.69 Å². The molecule has 31 heavy (non-hydrogen) atoms. The van der Waals surface area contributed by atoms with Gasteiger partial charge in [-0.25, -0.2) is 4.79 Å². The van der Waals surface area contributed by atoms with Gasteiger partial charge in [-0.3, -0.25) is 4.79 Å². The van der Waals surface area contributed by atoms with Crippen molar-refractivity contribution in [2.45, 2.75) is 13.0 Å². The molecular weight excluding hydrogens is 402 g/mol. The number of carbonyl (C=O) groups is 1. The first-order valence-corrected chi connectivity index (χ1v) is 9.67. The van der Waals surface area contributed by atoms with Gasteiger partial charge in [-0.05, 0) is 35.6 Å². The smallest absolute Gasteiger partial charge is 0.355 e. The summed E-state index contributed by atoms with van der Waals surface area (Å²) in [6.45, 7) is 0.0292. The summed E-state index contributed by atoms with van der Waals surface area (Å²) in [5, 5.41) is 10.3. The van der Waals surface area contributed by atoms with Crippen molar-refractivity contribution in [3.63, 3.8) is 0 Å². The molecule has 0 spiro atoms. The number of hydrogen-bond acceptors (Lipinski definition) is 7. The molecule has 0 amide bonds. The number of hydrogen-bond donors (Lipinski definition) is 1. The molecule has 0 atom stereocenters. The van der Waals surface area contributed by atoms with Crippen LogP contribution in [0, 0.1) is 0 Å². The highest BCUT2D eigenvalue weighted by Gasteiger charge is 2.25. The van der Waals surface area contributed by atoms with E-state index in [2.05, 4.69) is 0 Å². The van der Waals surface area contributed by atoms with Crippen LogP contribution in [0.1, 0.15) is 16.9 Å². The summed E-state index contributed by atoms with van der Waals surface area (Å²) in [4.78, 5) is 26.1. The fourth-order valence-electron chi connectivity index (χ4n) is 3.67. The summed E-state index contributed by atoms with van der Waals surface area (Å²) in [6, 6.07) is 10.5. The molecule has 164 valence electrons. The van der Waals surface area contributed by atoms with Crippen molar-refractivity contribution in [3.05, 3.63) is 52.4 Å². The van der Waals surface area contributed by atoms with Gasteiger partial charge in [-0.2, -0.15) is 0 Å². The number of fused-ring (bicyclic) bond motifs is 1. The van der Waals surface area contributed by atoms with E-state index in [4.69, 9.17) is 18.9 Å². The van der Waals surface area contributed by atoms with Gasteiger partial charge in [0, 0.05) is 24.1 Å². The number of aromatic nitrogens is 1.